The van der Waals surface area contributed by atoms with E-state index < -0.39 is 0 Å². The van der Waals surface area contributed by atoms with E-state index in [0.29, 0.717) is 24.3 Å². The Morgan fingerprint density at radius 3 is 2.88 bits per heavy atom. The first-order chi connectivity index (χ1) is 12.7. The van der Waals surface area contributed by atoms with Gasteiger partial charge < -0.3 is 10.3 Å². The van der Waals surface area contributed by atoms with Crippen molar-refractivity contribution in [1.29, 1.82) is 0 Å². The summed E-state index contributed by atoms with van der Waals surface area (Å²) < 4.78 is 2.70. The zero-order valence-corrected chi connectivity index (χ0v) is 15.4. The first-order valence-electron chi connectivity index (χ1n) is 8.16. The lowest BCUT2D eigenvalue weighted by Gasteiger charge is -2.11. The molecule has 3 aromatic heterocycles. The second-order valence-corrected chi connectivity index (χ2v) is 6.82. The van der Waals surface area contributed by atoms with E-state index in [0.717, 1.165) is 21.0 Å². The summed E-state index contributed by atoms with van der Waals surface area (Å²) in [5, 5.41) is 8.04. The summed E-state index contributed by atoms with van der Waals surface area (Å²) in [6.07, 6.45) is 7.07. The molecule has 1 aromatic carbocycles. The highest BCUT2D eigenvalue weighted by molar-refractivity contribution is 9.10. The van der Waals surface area contributed by atoms with Crippen molar-refractivity contribution in [3.05, 3.63) is 82.3 Å². The Bertz CT molecular complexity index is 1050. The van der Waals surface area contributed by atoms with Gasteiger partial charge in [-0.25, -0.2) is 4.98 Å². The monoisotopic (exact) mass is 409 g/mol. The van der Waals surface area contributed by atoms with Crippen molar-refractivity contribution in [2.45, 2.75) is 13.1 Å². The molecular formula is C19H16BrN5O. The number of aromatic nitrogens is 4. The fraction of sp³-hybridized carbons (Fsp3) is 0.105. The molecule has 26 heavy (non-hydrogen) atoms. The van der Waals surface area contributed by atoms with Crippen LogP contribution in [0.25, 0.3) is 11.0 Å². The van der Waals surface area contributed by atoms with Gasteiger partial charge in [0.1, 0.15) is 5.65 Å². The molecule has 0 spiro atoms. The van der Waals surface area contributed by atoms with E-state index in [1.165, 1.54) is 0 Å². The molecule has 0 saturated heterocycles. The number of carbonyl (C=O) groups is 1. The number of fused-ring (bicyclic) bond motifs is 1. The van der Waals surface area contributed by atoms with E-state index in [9.17, 15) is 4.79 Å². The molecule has 4 rings (SSSR count). The number of hydrogen-bond donors (Lipinski definition) is 2. The number of carbonyl (C=O) groups excluding carboxylic acids is 1. The van der Waals surface area contributed by atoms with E-state index in [2.05, 4.69) is 42.4 Å². The average Bonchev–Trinajstić information content (AvgIpc) is 3.30. The van der Waals surface area contributed by atoms with Crippen LogP contribution in [0.5, 0.6) is 0 Å². The van der Waals surface area contributed by atoms with Crippen molar-refractivity contribution in [1.82, 2.24) is 25.1 Å². The molecule has 0 fully saturated rings. The summed E-state index contributed by atoms with van der Waals surface area (Å²) in [7, 11) is 0. The normalized spacial score (nSPS) is 11.0. The van der Waals surface area contributed by atoms with Crippen LogP contribution in [0.4, 0.5) is 0 Å². The third-order valence-electron chi connectivity index (χ3n) is 4.19. The minimum Gasteiger partial charge on any atom is -0.348 e. The highest BCUT2D eigenvalue weighted by Crippen LogP contribution is 2.20. The first kappa shape index (κ1) is 16.5. The van der Waals surface area contributed by atoms with E-state index in [-0.39, 0.29) is 5.91 Å². The number of amides is 1. The van der Waals surface area contributed by atoms with Crippen molar-refractivity contribution < 1.29 is 4.79 Å². The fourth-order valence-corrected chi connectivity index (χ4v) is 3.22. The van der Waals surface area contributed by atoms with Gasteiger partial charge in [-0.05, 0) is 39.2 Å². The molecule has 0 bridgehead atoms. The standard InChI is InChI=1S/C19H16BrN5O/c20-15-8-16-17(11-22-18(16)21-10-15)19(26)23-9-13-4-1-2-5-14(13)12-25-7-3-6-24-25/h1-8,10-11H,9,12H2,(H,21,22)(H,23,26). The number of halogens is 1. The first-order valence-corrected chi connectivity index (χ1v) is 8.95. The van der Waals surface area contributed by atoms with Crippen LogP contribution in [0.2, 0.25) is 0 Å². The number of rotatable bonds is 5. The molecule has 7 heteroatoms. The lowest BCUT2D eigenvalue weighted by Crippen LogP contribution is -2.23. The van der Waals surface area contributed by atoms with Crippen LogP contribution < -0.4 is 5.32 Å². The Balaban J connectivity index is 1.52. The maximum absolute atomic E-state index is 12.6. The number of hydrogen-bond acceptors (Lipinski definition) is 3. The molecule has 0 aliphatic heterocycles. The Labute approximate surface area is 158 Å². The number of benzene rings is 1. The third-order valence-corrected chi connectivity index (χ3v) is 4.63. The van der Waals surface area contributed by atoms with Gasteiger partial charge in [-0.2, -0.15) is 5.10 Å². The fourth-order valence-electron chi connectivity index (χ4n) is 2.89. The molecule has 4 aromatic rings. The van der Waals surface area contributed by atoms with Crippen LogP contribution >= 0.6 is 15.9 Å². The summed E-state index contributed by atoms with van der Waals surface area (Å²) >= 11 is 3.40. The van der Waals surface area contributed by atoms with E-state index in [1.807, 2.05) is 41.2 Å². The summed E-state index contributed by atoms with van der Waals surface area (Å²) in [6, 6.07) is 11.8. The zero-order valence-electron chi connectivity index (χ0n) is 13.8. The van der Waals surface area contributed by atoms with Crippen molar-refractivity contribution in [3.63, 3.8) is 0 Å². The largest absolute Gasteiger partial charge is 0.348 e. The molecule has 0 atom stereocenters. The van der Waals surface area contributed by atoms with Crippen LogP contribution in [-0.4, -0.2) is 25.7 Å². The highest BCUT2D eigenvalue weighted by Gasteiger charge is 2.13. The number of aromatic amines is 1. The SMILES string of the molecule is O=C(NCc1ccccc1Cn1cccn1)c1c[nH]c2ncc(Br)cc12. The molecule has 0 saturated carbocycles. The second-order valence-electron chi connectivity index (χ2n) is 5.91. The van der Waals surface area contributed by atoms with Crippen molar-refractivity contribution in [2.75, 3.05) is 0 Å². The predicted octanol–water partition coefficient (Wildman–Crippen LogP) is 3.50. The number of nitrogens with zero attached hydrogens (tertiary/aromatic N) is 3. The van der Waals surface area contributed by atoms with Crippen molar-refractivity contribution >= 4 is 32.9 Å². The molecular weight excluding hydrogens is 394 g/mol. The maximum Gasteiger partial charge on any atom is 0.253 e. The van der Waals surface area contributed by atoms with Crippen LogP contribution in [0.15, 0.2) is 65.7 Å². The number of nitrogens with one attached hydrogen (secondary N) is 2. The van der Waals surface area contributed by atoms with Gasteiger partial charge in [-0.15, -0.1) is 0 Å². The molecule has 130 valence electrons. The van der Waals surface area contributed by atoms with Gasteiger partial charge in [0.25, 0.3) is 5.91 Å². The van der Waals surface area contributed by atoms with Gasteiger partial charge in [0, 0.05) is 41.2 Å². The Morgan fingerprint density at radius 2 is 2.08 bits per heavy atom. The Kier molecular flexibility index (Phi) is 4.53. The highest BCUT2D eigenvalue weighted by atomic mass is 79.9. The molecule has 0 aliphatic carbocycles. The quantitative estimate of drug-likeness (QED) is 0.529. The molecule has 3 heterocycles. The molecule has 1 amide bonds. The minimum atomic E-state index is -0.134. The van der Waals surface area contributed by atoms with Crippen LogP contribution in [0, 0.1) is 0 Å². The van der Waals surface area contributed by atoms with Crippen LogP contribution in [-0.2, 0) is 13.1 Å². The molecule has 6 nitrogen and oxygen atoms in total. The molecule has 0 aliphatic rings. The van der Waals surface area contributed by atoms with Crippen molar-refractivity contribution in [3.8, 4) is 0 Å². The minimum absolute atomic E-state index is 0.134. The zero-order chi connectivity index (χ0) is 17.9. The van der Waals surface area contributed by atoms with E-state index >= 15 is 0 Å². The van der Waals surface area contributed by atoms with Gasteiger partial charge in [0.15, 0.2) is 0 Å². The predicted molar refractivity (Wildman–Crippen MR) is 103 cm³/mol. The van der Waals surface area contributed by atoms with E-state index in [4.69, 9.17) is 0 Å². The number of H-pyrrole nitrogens is 1. The summed E-state index contributed by atoms with van der Waals surface area (Å²) in [6.45, 7) is 1.12. The second kappa shape index (κ2) is 7.13. The summed E-state index contributed by atoms with van der Waals surface area (Å²) in [5.74, 6) is -0.134. The lowest BCUT2D eigenvalue weighted by atomic mass is 10.1. The van der Waals surface area contributed by atoms with Crippen molar-refractivity contribution in [2.24, 2.45) is 0 Å². The Hall–Kier alpha value is -2.93. The third kappa shape index (κ3) is 3.39. The topological polar surface area (TPSA) is 75.6 Å². The van der Waals surface area contributed by atoms with Crippen LogP contribution in [0.3, 0.4) is 0 Å². The molecule has 0 radical (unpaired) electrons. The molecule has 0 unspecified atom stereocenters. The summed E-state index contributed by atoms with van der Waals surface area (Å²) in [4.78, 5) is 19.9. The average molecular weight is 410 g/mol. The van der Waals surface area contributed by atoms with Gasteiger partial charge in [-0.3, -0.25) is 9.48 Å². The van der Waals surface area contributed by atoms with E-state index in [1.54, 1.807) is 18.6 Å². The van der Waals surface area contributed by atoms with Crippen LogP contribution in [0.1, 0.15) is 21.5 Å². The van der Waals surface area contributed by atoms with Gasteiger partial charge in [0.2, 0.25) is 0 Å². The van der Waals surface area contributed by atoms with Gasteiger partial charge in [-0.1, -0.05) is 24.3 Å². The lowest BCUT2D eigenvalue weighted by molar-refractivity contribution is 0.0952. The number of pyridine rings is 1. The smallest absolute Gasteiger partial charge is 0.253 e. The molecule has 2 N–H and O–H groups in total. The van der Waals surface area contributed by atoms with Gasteiger partial charge in [0.05, 0.1) is 12.1 Å². The summed E-state index contributed by atoms with van der Waals surface area (Å²) in [5.41, 5.74) is 3.46. The Morgan fingerprint density at radius 1 is 1.23 bits per heavy atom. The van der Waals surface area contributed by atoms with Gasteiger partial charge >= 0.3 is 0 Å². The maximum atomic E-state index is 12.6.